The zero-order valence-electron chi connectivity index (χ0n) is 19.0. The van der Waals surface area contributed by atoms with Crippen LogP contribution < -0.4 is 14.8 Å². The number of Topliss-reactive ketones (excluding diaryl/α,β-unsaturated/α-hetero) is 1. The first-order chi connectivity index (χ1) is 15.9. The molecule has 0 bridgehead atoms. The topological polar surface area (TPSA) is 73.9 Å². The van der Waals surface area contributed by atoms with E-state index < -0.39 is 11.9 Å². The highest BCUT2D eigenvalue weighted by molar-refractivity contribution is 6.31. The van der Waals surface area contributed by atoms with Crippen molar-refractivity contribution in [2.75, 3.05) is 21.3 Å². The number of rotatable bonds is 5. The quantitative estimate of drug-likeness (QED) is 0.631. The van der Waals surface area contributed by atoms with Gasteiger partial charge in [-0.15, -0.1) is 0 Å². The molecule has 0 aromatic heterocycles. The molecular formula is C26H26ClNO5. The van der Waals surface area contributed by atoms with Crippen LogP contribution in [0.4, 0.5) is 0 Å². The second-order valence-electron chi connectivity index (χ2n) is 8.14. The highest BCUT2D eigenvalue weighted by Gasteiger charge is 2.42. The van der Waals surface area contributed by atoms with E-state index in [2.05, 4.69) is 5.32 Å². The molecule has 0 amide bonds. The lowest BCUT2D eigenvalue weighted by Gasteiger charge is -2.37. The van der Waals surface area contributed by atoms with Crippen LogP contribution in [0.3, 0.4) is 0 Å². The van der Waals surface area contributed by atoms with Gasteiger partial charge in [0.2, 0.25) is 0 Å². The van der Waals surface area contributed by atoms with Gasteiger partial charge < -0.3 is 19.5 Å². The number of benzene rings is 2. The van der Waals surface area contributed by atoms with Crippen LogP contribution in [0, 0.1) is 0 Å². The Bertz CT molecular complexity index is 1180. The number of methoxy groups -OCH3 is 3. The number of esters is 1. The SMILES string of the molecule is COC(=O)C1=C(C)NC2=C(C(=O)C[C@@H](c3ccccc3Cl)C2)[C@H]1c1cc(OC)ccc1OC. The molecule has 0 unspecified atom stereocenters. The van der Waals surface area contributed by atoms with Crippen molar-refractivity contribution in [1.82, 2.24) is 5.32 Å². The molecule has 0 fully saturated rings. The molecule has 33 heavy (non-hydrogen) atoms. The number of hydrogen-bond acceptors (Lipinski definition) is 6. The molecule has 1 aliphatic carbocycles. The van der Waals surface area contributed by atoms with Crippen molar-refractivity contribution in [2.24, 2.45) is 0 Å². The molecule has 2 aromatic rings. The Kier molecular flexibility index (Phi) is 6.47. The number of ketones is 1. The molecule has 0 saturated carbocycles. The Morgan fingerprint density at radius 1 is 1.03 bits per heavy atom. The van der Waals surface area contributed by atoms with E-state index in [1.165, 1.54) is 7.11 Å². The van der Waals surface area contributed by atoms with Gasteiger partial charge in [0, 0.05) is 34.0 Å². The van der Waals surface area contributed by atoms with Crippen LogP contribution in [0.25, 0.3) is 0 Å². The van der Waals surface area contributed by atoms with E-state index in [0.29, 0.717) is 51.8 Å². The molecule has 2 aliphatic rings. The Balaban J connectivity index is 1.89. The number of carbonyl (C=O) groups is 2. The summed E-state index contributed by atoms with van der Waals surface area (Å²) in [5, 5.41) is 3.96. The van der Waals surface area contributed by atoms with Crippen molar-refractivity contribution in [2.45, 2.75) is 31.6 Å². The Labute approximate surface area is 198 Å². The van der Waals surface area contributed by atoms with Crippen molar-refractivity contribution in [3.8, 4) is 11.5 Å². The molecule has 1 N–H and O–H groups in total. The lowest BCUT2D eigenvalue weighted by atomic mass is 9.71. The largest absolute Gasteiger partial charge is 0.497 e. The maximum atomic E-state index is 13.6. The van der Waals surface area contributed by atoms with Crippen LogP contribution in [0.15, 0.2) is 65.0 Å². The predicted octanol–water partition coefficient (Wildman–Crippen LogP) is 4.89. The average molecular weight is 468 g/mol. The van der Waals surface area contributed by atoms with Crippen LogP contribution >= 0.6 is 11.6 Å². The van der Waals surface area contributed by atoms with Crippen molar-refractivity contribution in [3.05, 3.63) is 81.2 Å². The Morgan fingerprint density at radius 3 is 2.45 bits per heavy atom. The number of hydrogen-bond donors (Lipinski definition) is 1. The van der Waals surface area contributed by atoms with E-state index in [-0.39, 0.29) is 11.7 Å². The van der Waals surface area contributed by atoms with E-state index in [9.17, 15) is 9.59 Å². The van der Waals surface area contributed by atoms with Crippen molar-refractivity contribution >= 4 is 23.4 Å². The van der Waals surface area contributed by atoms with Crippen LogP contribution in [-0.4, -0.2) is 33.1 Å². The normalized spacial score (nSPS) is 20.2. The second-order valence-corrected chi connectivity index (χ2v) is 8.55. The molecular weight excluding hydrogens is 442 g/mol. The fourth-order valence-electron chi connectivity index (χ4n) is 4.82. The molecule has 172 valence electrons. The van der Waals surface area contributed by atoms with E-state index in [4.69, 9.17) is 25.8 Å². The van der Waals surface area contributed by atoms with Gasteiger partial charge in [-0.3, -0.25) is 4.79 Å². The third-order valence-electron chi connectivity index (χ3n) is 6.33. The maximum absolute atomic E-state index is 13.6. The second kappa shape index (κ2) is 9.32. The summed E-state index contributed by atoms with van der Waals surface area (Å²) in [6.45, 7) is 1.82. The summed E-state index contributed by atoms with van der Waals surface area (Å²) in [6.07, 6.45) is 0.889. The number of allylic oxidation sites excluding steroid dienone is 3. The van der Waals surface area contributed by atoms with Gasteiger partial charge in [0.25, 0.3) is 0 Å². The minimum atomic E-state index is -0.640. The zero-order chi connectivity index (χ0) is 23.7. The first-order valence-corrected chi connectivity index (χ1v) is 11.1. The minimum Gasteiger partial charge on any atom is -0.497 e. The standard InChI is InChI=1S/C26H26ClNO5/c1-14-23(26(30)33-4)24(18-13-16(31-2)9-10-22(18)32-3)25-20(28-14)11-15(12-21(25)29)17-7-5-6-8-19(17)27/h5-10,13,15,24,28H,11-12H2,1-4H3/t15-,24-/m0/s1. The average Bonchev–Trinajstić information content (AvgIpc) is 2.82. The van der Waals surface area contributed by atoms with Gasteiger partial charge in [-0.25, -0.2) is 4.79 Å². The molecule has 6 nitrogen and oxygen atoms in total. The van der Waals surface area contributed by atoms with Crippen molar-refractivity contribution in [3.63, 3.8) is 0 Å². The van der Waals surface area contributed by atoms with Crippen LogP contribution in [0.5, 0.6) is 11.5 Å². The molecule has 2 atom stereocenters. The van der Waals surface area contributed by atoms with Gasteiger partial charge in [-0.2, -0.15) is 0 Å². The van der Waals surface area contributed by atoms with Gasteiger partial charge in [0.1, 0.15) is 11.5 Å². The minimum absolute atomic E-state index is 0.0440. The Morgan fingerprint density at radius 2 is 1.79 bits per heavy atom. The molecule has 0 saturated heterocycles. The molecule has 0 spiro atoms. The van der Waals surface area contributed by atoms with Gasteiger partial charge in [-0.05, 0) is 49.1 Å². The molecule has 1 heterocycles. The lowest BCUT2D eigenvalue weighted by molar-refractivity contribution is -0.136. The summed E-state index contributed by atoms with van der Waals surface area (Å²) in [5.41, 5.74) is 3.98. The van der Waals surface area contributed by atoms with E-state index in [1.54, 1.807) is 26.4 Å². The van der Waals surface area contributed by atoms with E-state index in [1.807, 2.05) is 37.3 Å². The van der Waals surface area contributed by atoms with Gasteiger partial charge in [0.15, 0.2) is 5.78 Å². The summed E-state index contributed by atoms with van der Waals surface area (Å²) in [5.74, 6) is -0.0774. The summed E-state index contributed by atoms with van der Waals surface area (Å²) in [4.78, 5) is 26.5. The summed E-state index contributed by atoms with van der Waals surface area (Å²) < 4.78 is 16.1. The molecule has 1 aliphatic heterocycles. The summed E-state index contributed by atoms with van der Waals surface area (Å²) >= 11 is 6.44. The first kappa shape index (κ1) is 22.9. The lowest BCUT2D eigenvalue weighted by Crippen LogP contribution is -2.36. The summed E-state index contributed by atoms with van der Waals surface area (Å²) in [7, 11) is 4.47. The number of dihydropyridines is 1. The third-order valence-corrected chi connectivity index (χ3v) is 6.67. The highest BCUT2D eigenvalue weighted by Crippen LogP contribution is 2.48. The number of halogens is 1. The highest BCUT2D eigenvalue weighted by atomic mass is 35.5. The third kappa shape index (κ3) is 4.11. The van der Waals surface area contributed by atoms with Crippen LogP contribution in [0.2, 0.25) is 5.02 Å². The smallest absolute Gasteiger partial charge is 0.336 e. The van der Waals surface area contributed by atoms with Crippen molar-refractivity contribution in [1.29, 1.82) is 0 Å². The van der Waals surface area contributed by atoms with E-state index >= 15 is 0 Å². The predicted molar refractivity (Wildman–Crippen MR) is 126 cm³/mol. The number of carbonyl (C=O) groups excluding carboxylic acids is 2. The number of ether oxygens (including phenoxy) is 3. The molecule has 0 radical (unpaired) electrons. The fraction of sp³-hybridized carbons (Fsp3) is 0.308. The van der Waals surface area contributed by atoms with E-state index in [0.717, 1.165) is 11.3 Å². The monoisotopic (exact) mass is 467 g/mol. The van der Waals surface area contributed by atoms with Gasteiger partial charge in [-0.1, -0.05) is 29.8 Å². The van der Waals surface area contributed by atoms with Gasteiger partial charge >= 0.3 is 5.97 Å². The first-order valence-electron chi connectivity index (χ1n) is 10.7. The fourth-order valence-corrected chi connectivity index (χ4v) is 5.11. The van der Waals surface area contributed by atoms with Crippen molar-refractivity contribution < 1.29 is 23.8 Å². The van der Waals surface area contributed by atoms with Gasteiger partial charge in [0.05, 0.1) is 32.8 Å². The summed E-state index contributed by atoms with van der Waals surface area (Å²) in [6, 6.07) is 13.0. The zero-order valence-corrected chi connectivity index (χ0v) is 19.8. The Hall–Kier alpha value is -3.25. The molecule has 2 aromatic carbocycles. The molecule has 7 heteroatoms. The maximum Gasteiger partial charge on any atom is 0.336 e. The number of nitrogens with one attached hydrogen (secondary N) is 1. The molecule has 4 rings (SSSR count). The van der Waals surface area contributed by atoms with Crippen LogP contribution in [0.1, 0.15) is 42.7 Å². The van der Waals surface area contributed by atoms with Crippen LogP contribution in [-0.2, 0) is 14.3 Å².